The first-order chi connectivity index (χ1) is 29.6. The minimum atomic E-state index is -4.29. The van der Waals surface area contributed by atoms with Gasteiger partial charge in [-0.2, -0.15) is 0 Å². The smallest absolute Gasteiger partial charge is 0.472 e. The van der Waals surface area contributed by atoms with Crippen LogP contribution in [0.25, 0.3) is 0 Å². The third-order valence-electron chi connectivity index (χ3n) is 11.6. The topological polar surface area (TPSA) is 91.3 Å². The molecule has 1 N–H and O–H groups in total. The highest BCUT2D eigenvalue weighted by Crippen LogP contribution is 2.43. The summed E-state index contributed by atoms with van der Waals surface area (Å²) >= 11 is 0. The summed E-state index contributed by atoms with van der Waals surface area (Å²) in [5.74, 6) is -0.332. The Hall–Kier alpha value is -1.18. The number of phosphoric acid groups is 1. The Bertz CT molecular complexity index is 1030. The van der Waals surface area contributed by atoms with Crippen molar-refractivity contribution >= 4 is 13.8 Å². The van der Waals surface area contributed by atoms with Gasteiger partial charge in [-0.3, -0.25) is 13.8 Å². The maximum Gasteiger partial charge on any atom is 0.472 e. The van der Waals surface area contributed by atoms with Gasteiger partial charge < -0.3 is 18.9 Å². The van der Waals surface area contributed by atoms with Gasteiger partial charge in [-0.1, -0.05) is 212 Å². The van der Waals surface area contributed by atoms with Crippen LogP contribution in [0.2, 0.25) is 0 Å². The lowest BCUT2D eigenvalue weighted by atomic mass is 10.0. The molecule has 0 saturated heterocycles. The average Bonchev–Trinajstić information content (AvgIpc) is 3.22. The van der Waals surface area contributed by atoms with Gasteiger partial charge in [-0.05, 0) is 51.0 Å². The molecule has 8 nitrogen and oxygen atoms in total. The first kappa shape index (κ1) is 59.8. The molecule has 0 aromatic heterocycles. The molecule has 0 spiro atoms. The fraction of sp³-hybridized carbons (Fsp3) is 0.904. The van der Waals surface area contributed by atoms with Crippen molar-refractivity contribution < 1.29 is 37.3 Å². The number of carbonyl (C=O) groups excluding carboxylic acids is 1. The van der Waals surface area contributed by atoms with Gasteiger partial charge in [0.2, 0.25) is 0 Å². The summed E-state index contributed by atoms with van der Waals surface area (Å²) < 4.78 is 34.9. The number of likely N-dealkylation sites (N-methyl/N-ethyl adjacent to an activating group) is 1. The zero-order chi connectivity index (χ0) is 44.8. The number of quaternary nitrogens is 1. The Morgan fingerprint density at radius 1 is 0.508 bits per heavy atom. The quantitative estimate of drug-likeness (QED) is 0.0162. The molecule has 0 aliphatic carbocycles. The molecule has 61 heavy (non-hydrogen) atoms. The minimum absolute atomic E-state index is 0.0520. The molecule has 0 fully saturated rings. The number of hydrogen-bond acceptors (Lipinski definition) is 6. The molecule has 0 radical (unpaired) electrons. The molecule has 0 heterocycles. The zero-order valence-electron chi connectivity index (χ0n) is 41.2. The van der Waals surface area contributed by atoms with E-state index in [1.54, 1.807) is 6.26 Å². The van der Waals surface area contributed by atoms with Gasteiger partial charge in [-0.25, -0.2) is 4.57 Å². The van der Waals surface area contributed by atoms with Gasteiger partial charge in [0.1, 0.15) is 19.8 Å². The SMILES string of the molecule is CCCCCCCC/C=C/CCCCCCCCCCCCCC(=O)O[C@H](CO/C=C/CCCCCCCCCCCCCCCCCC)COP(=O)(O)OCC[N+](C)(C)C. The highest BCUT2D eigenvalue weighted by atomic mass is 31.2. The first-order valence-electron chi connectivity index (χ1n) is 26.1. The summed E-state index contributed by atoms with van der Waals surface area (Å²) in [5, 5.41) is 0. The number of allylic oxidation sites excluding steroid dienone is 3. The summed E-state index contributed by atoms with van der Waals surface area (Å²) in [7, 11) is 1.65. The van der Waals surface area contributed by atoms with Crippen LogP contribution in [0.3, 0.4) is 0 Å². The van der Waals surface area contributed by atoms with E-state index in [4.69, 9.17) is 18.5 Å². The van der Waals surface area contributed by atoms with Crippen molar-refractivity contribution in [2.75, 3.05) is 47.5 Å². The van der Waals surface area contributed by atoms with Gasteiger partial charge in [0.15, 0.2) is 6.10 Å². The molecule has 0 aromatic carbocycles. The lowest BCUT2D eigenvalue weighted by molar-refractivity contribution is -0.870. The Morgan fingerprint density at radius 3 is 1.26 bits per heavy atom. The van der Waals surface area contributed by atoms with Crippen LogP contribution < -0.4 is 0 Å². The fourth-order valence-electron chi connectivity index (χ4n) is 7.52. The Morgan fingerprint density at radius 2 is 0.869 bits per heavy atom. The van der Waals surface area contributed by atoms with E-state index in [-0.39, 0.29) is 25.8 Å². The average molecular weight is 885 g/mol. The molecule has 0 rings (SSSR count). The second-order valence-corrected chi connectivity index (χ2v) is 20.4. The number of nitrogens with zero attached hydrogens (tertiary/aromatic N) is 1. The summed E-state index contributed by atoms with van der Waals surface area (Å²) in [5.41, 5.74) is 0. The number of carbonyl (C=O) groups is 1. The molecule has 0 saturated carbocycles. The lowest BCUT2D eigenvalue weighted by Crippen LogP contribution is -2.37. The Kier molecular flexibility index (Phi) is 44.5. The first-order valence-corrected chi connectivity index (χ1v) is 27.6. The highest BCUT2D eigenvalue weighted by molar-refractivity contribution is 7.47. The van der Waals surface area contributed by atoms with Gasteiger partial charge in [0, 0.05) is 6.42 Å². The minimum Gasteiger partial charge on any atom is -0.498 e. The highest BCUT2D eigenvalue weighted by Gasteiger charge is 2.26. The monoisotopic (exact) mass is 885 g/mol. The van der Waals surface area contributed by atoms with E-state index < -0.39 is 13.9 Å². The van der Waals surface area contributed by atoms with Crippen molar-refractivity contribution in [2.24, 2.45) is 0 Å². The van der Waals surface area contributed by atoms with Crippen LogP contribution in [0.1, 0.15) is 251 Å². The molecular formula is C52H103NO7P+. The summed E-state index contributed by atoms with van der Waals surface area (Å²) in [6.45, 7) is 4.97. The molecule has 1 unspecified atom stereocenters. The molecule has 362 valence electrons. The van der Waals surface area contributed by atoms with Crippen LogP contribution >= 0.6 is 7.82 Å². The summed E-state index contributed by atoms with van der Waals surface area (Å²) in [6, 6.07) is 0. The van der Waals surface area contributed by atoms with Crippen molar-refractivity contribution in [3.63, 3.8) is 0 Å². The molecule has 9 heteroatoms. The van der Waals surface area contributed by atoms with E-state index in [0.717, 1.165) is 32.1 Å². The molecule has 0 aromatic rings. The Labute approximate surface area is 379 Å². The van der Waals surface area contributed by atoms with E-state index in [2.05, 4.69) is 26.0 Å². The standard InChI is InChI=1S/C52H102NO7P/c1-6-8-10-12-14-16-18-20-22-24-26-27-28-29-31-33-35-37-39-41-43-45-52(54)60-51(50-59-61(55,56)58-48-46-53(3,4)5)49-57-47-44-42-40-38-36-34-32-30-25-23-21-19-17-15-13-11-9-7-2/h20,22,44,47,51H,6-19,21,23-43,45-46,48-50H2,1-5H3/p+1/b22-20+,47-44+/t51-/m1/s1. The normalized spacial score (nSPS) is 13.7. The fourth-order valence-corrected chi connectivity index (χ4v) is 8.26. The number of hydrogen-bond donors (Lipinski definition) is 1. The number of phosphoric ester groups is 1. The second-order valence-electron chi connectivity index (χ2n) is 19.0. The molecular weight excluding hydrogens is 782 g/mol. The number of ether oxygens (including phenoxy) is 2. The predicted molar refractivity (Wildman–Crippen MR) is 261 cm³/mol. The van der Waals surface area contributed by atoms with Crippen LogP contribution in [-0.2, 0) is 27.9 Å². The third kappa shape index (κ3) is 49.7. The molecule has 0 aliphatic rings. The van der Waals surface area contributed by atoms with Crippen molar-refractivity contribution in [2.45, 2.75) is 258 Å². The number of unbranched alkanes of at least 4 members (excludes halogenated alkanes) is 33. The number of esters is 1. The predicted octanol–water partition coefficient (Wildman–Crippen LogP) is 16.3. The van der Waals surface area contributed by atoms with Gasteiger partial charge in [0.25, 0.3) is 0 Å². The number of rotatable bonds is 49. The van der Waals surface area contributed by atoms with Crippen molar-refractivity contribution in [3.8, 4) is 0 Å². The second kappa shape index (κ2) is 45.4. The summed E-state index contributed by atoms with van der Waals surface area (Å²) in [6.07, 6.45) is 54.6. The Balaban J connectivity index is 4.15. The maximum absolute atomic E-state index is 12.8. The molecule has 0 amide bonds. The van der Waals surface area contributed by atoms with Crippen LogP contribution in [0.4, 0.5) is 0 Å². The van der Waals surface area contributed by atoms with Crippen molar-refractivity contribution in [3.05, 3.63) is 24.5 Å². The van der Waals surface area contributed by atoms with Crippen LogP contribution in [0.15, 0.2) is 24.5 Å². The third-order valence-corrected chi connectivity index (χ3v) is 12.6. The molecule has 2 atom stereocenters. The molecule has 0 aliphatic heterocycles. The van der Waals surface area contributed by atoms with E-state index in [0.29, 0.717) is 17.4 Å². The van der Waals surface area contributed by atoms with Crippen molar-refractivity contribution in [1.29, 1.82) is 0 Å². The van der Waals surface area contributed by atoms with Gasteiger partial charge in [0.05, 0.1) is 34.0 Å². The van der Waals surface area contributed by atoms with Crippen LogP contribution in [0, 0.1) is 0 Å². The largest absolute Gasteiger partial charge is 0.498 e. The van der Waals surface area contributed by atoms with E-state index in [9.17, 15) is 14.3 Å². The zero-order valence-corrected chi connectivity index (χ0v) is 42.1. The van der Waals surface area contributed by atoms with Gasteiger partial charge in [-0.15, -0.1) is 0 Å². The van der Waals surface area contributed by atoms with E-state index in [1.165, 1.54) is 199 Å². The van der Waals surface area contributed by atoms with Crippen LogP contribution in [-0.4, -0.2) is 69.0 Å². The van der Waals surface area contributed by atoms with E-state index in [1.807, 2.05) is 27.2 Å². The maximum atomic E-state index is 12.8. The van der Waals surface area contributed by atoms with Gasteiger partial charge >= 0.3 is 13.8 Å². The van der Waals surface area contributed by atoms with Crippen molar-refractivity contribution in [1.82, 2.24) is 0 Å². The lowest BCUT2D eigenvalue weighted by Gasteiger charge is -2.24. The van der Waals surface area contributed by atoms with Crippen LogP contribution in [0.5, 0.6) is 0 Å². The molecule has 0 bridgehead atoms. The summed E-state index contributed by atoms with van der Waals surface area (Å²) in [4.78, 5) is 23.0. The van der Waals surface area contributed by atoms with E-state index >= 15 is 0 Å².